The number of carbonyl (C=O) groups is 1. The first-order chi connectivity index (χ1) is 12.0. The van der Waals surface area contributed by atoms with Gasteiger partial charge in [-0.25, -0.2) is 4.79 Å². The van der Waals surface area contributed by atoms with Gasteiger partial charge in [-0.05, 0) is 59.1 Å². The monoisotopic (exact) mass is 344 g/mol. The maximum Gasteiger partial charge on any atom is 0.318 e. The summed E-state index contributed by atoms with van der Waals surface area (Å²) in [6.07, 6.45) is 3.72. The largest absolute Gasteiger partial charge is 0.466 e. The normalized spacial score (nSPS) is 18.6. The Balaban J connectivity index is 1.58. The van der Waals surface area contributed by atoms with E-state index in [1.165, 1.54) is 5.56 Å². The van der Waals surface area contributed by atoms with E-state index >= 15 is 0 Å². The molecule has 136 valence electrons. The number of carbonyl (C=O) groups excluding carboxylic acids is 1. The third-order valence-electron chi connectivity index (χ3n) is 5.02. The molecule has 3 heterocycles. The summed E-state index contributed by atoms with van der Waals surface area (Å²) in [7, 11) is 0. The molecule has 1 aliphatic rings. The van der Waals surface area contributed by atoms with Gasteiger partial charge in [0.2, 0.25) is 0 Å². The van der Waals surface area contributed by atoms with Crippen LogP contribution in [0.1, 0.15) is 60.7 Å². The summed E-state index contributed by atoms with van der Waals surface area (Å²) in [4.78, 5) is 14.7. The van der Waals surface area contributed by atoms with Crippen molar-refractivity contribution in [2.24, 2.45) is 0 Å². The second-order valence-corrected chi connectivity index (χ2v) is 7.10. The van der Waals surface area contributed by atoms with E-state index in [0.29, 0.717) is 0 Å². The first-order valence-electron chi connectivity index (χ1n) is 9.09. The van der Waals surface area contributed by atoms with Gasteiger partial charge < -0.3 is 14.6 Å². The molecule has 0 aromatic carbocycles. The Kier molecular flexibility index (Phi) is 5.16. The van der Waals surface area contributed by atoms with Crippen LogP contribution < -0.4 is 5.32 Å². The molecule has 3 rings (SSSR count). The Morgan fingerprint density at radius 3 is 2.88 bits per heavy atom. The number of rotatable bonds is 5. The van der Waals surface area contributed by atoms with Gasteiger partial charge in [0.1, 0.15) is 11.5 Å². The highest BCUT2D eigenvalue weighted by Crippen LogP contribution is 2.34. The number of H-pyrrole nitrogens is 1. The molecule has 1 fully saturated rings. The molecule has 0 unspecified atom stereocenters. The van der Waals surface area contributed by atoms with Crippen LogP contribution in [0, 0.1) is 20.8 Å². The van der Waals surface area contributed by atoms with Crippen molar-refractivity contribution in [3.05, 3.63) is 40.6 Å². The topological polar surface area (TPSA) is 74.2 Å². The first kappa shape index (κ1) is 17.6. The van der Waals surface area contributed by atoms with Gasteiger partial charge in [0.25, 0.3) is 0 Å². The molecular weight excluding hydrogens is 316 g/mol. The summed E-state index contributed by atoms with van der Waals surface area (Å²) in [5.74, 6) is 1.90. The van der Waals surface area contributed by atoms with Gasteiger partial charge in [-0.1, -0.05) is 0 Å². The highest BCUT2D eigenvalue weighted by molar-refractivity contribution is 5.75. The maximum absolute atomic E-state index is 12.8. The van der Waals surface area contributed by atoms with Crippen LogP contribution in [0.5, 0.6) is 0 Å². The number of likely N-dealkylation sites (tertiary alicyclic amines) is 1. The van der Waals surface area contributed by atoms with Crippen molar-refractivity contribution in [3.63, 3.8) is 0 Å². The lowest BCUT2D eigenvalue weighted by Gasteiger charge is -2.27. The molecule has 2 aromatic rings. The zero-order chi connectivity index (χ0) is 18.0. The van der Waals surface area contributed by atoms with Crippen molar-refractivity contribution < 1.29 is 9.21 Å². The summed E-state index contributed by atoms with van der Waals surface area (Å²) in [6.45, 7) is 8.82. The molecule has 1 aliphatic heterocycles. The fourth-order valence-electron chi connectivity index (χ4n) is 3.70. The number of furan rings is 1. The van der Waals surface area contributed by atoms with Gasteiger partial charge >= 0.3 is 6.03 Å². The third kappa shape index (κ3) is 3.89. The lowest BCUT2D eigenvalue weighted by atomic mass is 10.0. The number of nitrogens with one attached hydrogen (secondary N) is 2. The zero-order valence-electron chi connectivity index (χ0n) is 15.6. The molecule has 25 heavy (non-hydrogen) atoms. The number of aryl methyl sites for hydroxylation is 4. The molecule has 6 nitrogen and oxygen atoms in total. The van der Waals surface area contributed by atoms with Gasteiger partial charge in [0.15, 0.2) is 0 Å². The van der Waals surface area contributed by atoms with E-state index in [1.807, 2.05) is 44.7 Å². The van der Waals surface area contributed by atoms with Crippen LogP contribution in [0.3, 0.4) is 0 Å². The summed E-state index contributed by atoms with van der Waals surface area (Å²) < 4.78 is 5.60. The molecule has 0 bridgehead atoms. The summed E-state index contributed by atoms with van der Waals surface area (Å²) in [5, 5.41) is 10.5. The fourth-order valence-corrected chi connectivity index (χ4v) is 3.70. The number of nitrogens with zero attached hydrogens (tertiary/aromatic N) is 2. The Morgan fingerprint density at radius 1 is 1.44 bits per heavy atom. The summed E-state index contributed by atoms with van der Waals surface area (Å²) in [5.41, 5.74) is 3.22. The van der Waals surface area contributed by atoms with Gasteiger partial charge in [0, 0.05) is 30.3 Å². The molecule has 2 atom stereocenters. The molecule has 6 heteroatoms. The molecule has 0 radical (unpaired) electrons. The van der Waals surface area contributed by atoms with Gasteiger partial charge in [-0.2, -0.15) is 5.10 Å². The number of aromatic amines is 1. The highest BCUT2D eigenvalue weighted by Gasteiger charge is 2.33. The van der Waals surface area contributed by atoms with E-state index in [2.05, 4.69) is 15.5 Å². The molecule has 2 amide bonds. The number of aromatic nitrogens is 2. The van der Waals surface area contributed by atoms with Crippen molar-refractivity contribution in [1.29, 1.82) is 0 Å². The van der Waals surface area contributed by atoms with Crippen LogP contribution in [0.2, 0.25) is 0 Å². The minimum Gasteiger partial charge on any atom is -0.466 e. The molecule has 1 saturated heterocycles. The van der Waals surface area contributed by atoms with Gasteiger partial charge in [-0.3, -0.25) is 5.10 Å². The number of amides is 2. The lowest BCUT2D eigenvalue weighted by molar-refractivity contribution is 0.188. The number of hydrogen-bond acceptors (Lipinski definition) is 3. The fraction of sp³-hybridized carbons (Fsp3) is 0.579. The predicted molar refractivity (Wildman–Crippen MR) is 96.5 cm³/mol. The second kappa shape index (κ2) is 7.33. The molecule has 2 N–H and O–H groups in total. The van der Waals surface area contributed by atoms with Crippen LogP contribution in [0.15, 0.2) is 16.5 Å². The van der Waals surface area contributed by atoms with E-state index in [4.69, 9.17) is 4.42 Å². The quantitative estimate of drug-likeness (QED) is 0.866. The number of urea groups is 1. The van der Waals surface area contributed by atoms with Crippen LogP contribution in [0.25, 0.3) is 0 Å². The summed E-state index contributed by atoms with van der Waals surface area (Å²) in [6, 6.07) is 4.23. The second-order valence-electron chi connectivity index (χ2n) is 7.10. The van der Waals surface area contributed by atoms with E-state index < -0.39 is 0 Å². The average molecular weight is 344 g/mol. The molecule has 0 saturated carbocycles. The lowest BCUT2D eigenvalue weighted by Crippen LogP contribution is -2.43. The van der Waals surface area contributed by atoms with Gasteiger partial charge in [0.05, 0.1) is 11.7 Å². The van der Waals surface area contributed by atoms with E-state index in [1.54, 1.807) is 0 Å². The molecule has 0 aliphatic carbocycles. The predicted octanol–water partition coefficient (Wildman–Crippen LogP) is 3.80. The van der Waals surface area contributed by atoms with Crippen molar-refractivity contribution in [2.75, 3.05) is 6.54 Å². The highest BCUT2D eigenvalue weighted by atomic mass is 16.3. The Morgan fingerprint density at radius 2 is 2.24 bits per heavy atom. The average Bonchev–Trinajstić information content (AvgIpc) is 3.26. The minimum absolute atomic E-state index is 0.0191. The van der Waals surface area contributed by atoms with E-state index in [0.717, 1.165) is 55.1 Å². The molecule has 2 aromatic heterocycles. The van der Waals surface area contributed by atoms with E-state index in [9.17, 15) is 4.79 Å². The van der Waals surface area contributed by atoms with Crippen molar-refractivity contribution >= 4 is 6.03 Å². The minimum atomic E-state index is 0.0191. The molecular formula is C19H28N4O2. The Hall–Kier alpha value is -2.24. The van der Waals surface area contributed by atoms with Gasteiger partial charge in [-0.15, -0.1) is 0 Å². The SMILES string of the molecule is Cc1ccc(CC[C@@H](C)NC(=O)N2CCC[C@@H]2c2c(C)n[nH]c2C)o1. The first-order valence-corrected chi connectivity index (χ1v) is 9.09. The zero-order valence-corrected chi connectivity index (χ0v) is 15.6. The molecule has 0 spiro atoms. The number of hydrogen-bond donors (Lipinski definition) is 2. The third-order valence-corrected chi connectivity index (χ3v) is 5.02. The van der Waals surface area contributed by atoms with Crippen molar-refractivity contribution in [1.82, 2.24) is 20.4 Å². The van der Waals surface area contributed by atoms with Crippen LogP contribution in [-0.2, 0) is 6.42 Å². The van der Waals surface area contributed by atoms with Crippen LogP contribution in [-0.4, -0.2) is 33.7 Å². The van der Waals surface area contributed by atoms with Crippen molar-refractivity contribution in [3.8, 4) is 0 Å². The van der Waals surface area contributed by atoms with Crippen LogP contribution in [0.4, 0.5) is 4.79 Å². The van der Waals surface area contributed by atoms with E-state index in [-0.39, 0.29) is 18.1 Å². The van der Waals surface area contributed by atoms with Crippen LogP contribution >= 0.6 is 0 Å². The standard InChI is InChI=1S/C19H28N4O2/c1-12(7-9-16-10-8-13(2)25-16)20-19(24)23-11-5-6-17(23)18-14(3)21-22-15(18)4/h8,10,12,17H,5-7,9,11H2,1-4H3,(H,20,24)(H,21,22)/t12-,17-/m1/s1. The summed E-state index contributed by atoms with van der Waals surface area (Å²) >= 11 is 0. The Labute approximate surface area is 149 Å². The Bertz CT molecular complexity index is 714. The maximum atomic E-state index is 12.8. The smallest absolute Gasteiger partial charge is 0.318 e. The van der Waals surface area contributed by atoms with Crippen molar-refractivity contribution in [2.45, 2.75) is 65.5 Å².